The van der Waals surface area contributed by atoms with Crippen LogP contribution in [0.4, 0.5) is 19.0 Å². The van der Waals surface area contributed by atoms with Crippen LogP contribution in [0.25, 0.3) is 0 Å². The molecule has 0 unspecified atom stereocenters. The zero-order valence-electron chi connectivity index (χ0n) is 14.2. The third-order valence-electron chi connectivity index (χ3n) is 4.48. The van der Waals surface area contributed by atoms with E-state index in [1.807, 2.05) is 29.2 Å². The third kappa shape index (κ3) is 4.52. The summed E-state index contributed by atoms with van der Waals surface area (Å²) >= 11 is 0. The first kappa shape index (κ1) is 18.2. The monoisotopic (exact) mass is 360 g/mol. The molecule has 1 aliphatic heterocycles. The Morgan fingerprint density at radius 3 is 2.38 bits per heavy atom. The lowest BCUT2D eigenvalue weighted by atomic mass is 10.1. The Hall–Kier alpha value is -2.59. The van der Waals surface area contributed by atoms with Crippen molar-refractivity contribution in [3.63, 3.8) is 0 Å². The van der Waals surface area contributed by atoms with Crippen LogP contribution in [-0.2, 0) is 12.7 Å². The van der Waals surface area contributed by atoms with Gasteiger partial charge >= 0.3 is 6.18 Å². The van der Waals surface area contributed by atoms with Gasteiger partial charge in [-0.25, -0.2) is 4.98 Å². The minimum Gasteiger partial charge on any atom is -0.355 e. The highest BCUT2D eigenvalue weighted by atomic mass is 19.4. The zero-order valence-corrected chi connectivity index (χ0v) is 14.2. The highest BCUT2D eigenvalue weighted by molar-refractivity contribution is 5.40. The maximum atomic E-state index is 12.7. The van der Waals surface area contributed by atoms with E-state index in [-0.39, 0.29) is 0 Å². The summed E-state index contributed by atoms with van der Waals surface area (Å²) in [5, 5.41) is 8.85. The predicted octanol–water partition coefficient (Wildman–Crippen LogP) is 3.68. The molecule has 0 radical (unpaired) electrons. The van der Waals surface area contributed by atoms with Crippen LogP contribution in [0.15, 0.2) is 42.6 Å². The summed E-state index contributed by atoms with van der Waals surface area (Å²) in [4.78, 5) is 8.33. The summed E-state index contributed by atoms with van der Waals surface area (Å²) in [7, 11) is 0. The van der Waals surface area contributed by atoms with Crippen molar-refractivity contribution in [3.8, 4) is 6.07 Å². The van der Waals surface area contributed by atoms with Gasteiger partial charge in [-0.15, -0.1) is 0 Å². The van der Waals surface area contributed by atoms with Crippen LogP contribution in [0.2, 0.25) is 0 Å². The highest BCUT2D eigenvalue weighted by Gasteiger charge is 2.31. The molecule has 2 aromatic rings. The fourth-order valence-corrected chi connectivity index (χ4v) is 3.04. The fourth-order valence-electron chi connectivity index (χ4n) is 3.04. The number of aromatic nitrogens is 1. The Kier molecular flexibility index (Phi) is 5.43. The van der Waals surface area contributed by atoms with Gasteiger partial charge in [0.15, 0.2) is 0 Å². The van der Waals surface area contributed by atoms with Crippen LogP contribution in [0, 0.1) is 11.3 Å². The number of anilines is 1. The normalized spacial score (nSPS) is 16.2. The number of benzene rings is 1. The second kappa shape index (κ2) is 7.75. The maximum Gasteiger partial charge on any atom is 0.417 e. The lowest BCUT2D eigenvalue weighted by Gasteiger charge is -2.23. The molecule has 0 bridgehead atoms. The van der Waals surface area contributed by atoms with E-state index in [0.717, 1.165) is 50.4 Å². The molecule has 1 aromatic heterocycles. The molecule has 1 aromatic carbocycles. The van der Waals surface area contributed by atoms with Gasteiger partial charge in [0.25, 0.3) is 0 Å². The van der Waals surface area contributed by atoms with Gasteiger partial charge in [-0.05, 0) is 36.2 Å². The van der Waals surface area contributed by atoms with Crippen molar-refractivity contribution in [2.75, 3.05) is 31.1 Å². The van der Waals surface area contributed by atoms with Crippen molar-refractivity contribution in [2.24, 2.45) is 0 Å². The second-order valence-corrected chi connectivity index (χ2v) is 6.33. The van der Waals surface area contributed by atoms with Gasteiger partial charge in [-0.2, -0.15) is 18.4 Å². The molecule has 0 amide bonds. The van der Waals surface area contributed by atoms with Crippen LogP contribution < -0.4 is 4.90 Å². The van der Waals surface area contributed by atoms with Gasteiger partial charge in [-0.1, -0.05) is 12.1 Å². The zero-order chi connectivity index (χ0) is 18.6. The molecule has 7 heteroatoms. The van der Waals surface area contributed by atoms with E-state index in [0.29, 0.717) is 17.9 Å². The molecule has 0 aliphatic carbocycles. The minimum absolute atomic E-state index is 0.582. The summed E-state index contributed by atoms with van der Waals surface area (Å²) in [5.41, 5.74) is 1.06. The SMILES string of the molecule is N#Cc1ccc(CN2CCCN(c3ccc(C(F)(F)F)cn3)CC2)cc1. The van der Waals surface area contributed by atoms with Gasteiger partial charge in [0, 0.05) is 38.9 Å². The highest BCUT2D eigenvalue weighted by Crippen LogP contribution is 2.29. The van der Waals surface area contributed by atoms with E-state index in [9.17, 15) is 13.2 Å². The average Bonchev–Trinajstić information content (AvgIpc) is 2.87. The molecule has 0 N–H and O–H groups in total. The van der Waals surface area contributed by atoms with Crippen molar-refractivity contribution >= 4 is 5.82 Å². The minimum atomic E-state index is -4.36. The van der Waals surface area contributed by atoms with Crippen molar-refractivity contribution in [3.05, 3.63) is 59.3 Å². The number of rotatable bonds is 3. The van der Waals surface area contributed by atoms with Gasteiger partial charge in [-0.3, -0.25) is 4.90 Å². The van der Waals surface area contributed by atoms with E-state index < -0.39 is 11.7 Å². The average molecular weight is 360 g/mol. The first-order chi connectivity index (χ1) is 12.5. The lowest BCUT2D eigenvalue weighted by Crippen LogP contribution is -2.31. The first-order valence-electron chi connectivity index (χ1n) is 8.45. The molecule has 0 spiro atoms. The molecule has 1 saturated heterocycles. The maximum absolute atomic E-state index is 12.7. The van der Waals surface area contributed by atoms with Gasteiger partial charge in [0.05, 0.1) is 17.2 Å². The number of pyridine rings is 1. The van der Waals surface area contributed by atoms with E-state index >= 15 is 0 Å². The number of hydrogen-bond acceptors (Lipinski definition) is 4. The van der Waals surface area contributed by atoms with Crippen LogP contribution >= 0.6 is 0 Å². The molecule has 0 atom stereocenters. The molecular weight excluding hydrogens is 341 g/mol. The van der Waals surface area contributed by atoms with Crippen LogP contribution in [0.1, 0.15) is 23.1 Å². The largest absolute Gasteiger partial charge is 0.417 e. The van der Waals surface area contributed by atoms with E-state index in [1.165, 1.54) is 6.07 Å². The summed E-state index contributed by atoms with van der Waals surface area (Å²) in [6.45, 7) is 4.00. The number of alkyl halides is 3. The molecule has 136 valence electrons. The molecule has 4 nitrogen and oxygen atoms in total. The summed E-state index contributed by atoms with van der Waals surface area (Å²) in [5.74, 6) is 0.582. The molecule has 1 aliphatic rings. The summed E-state index contributed by atoms with van der Waals surface area (Å²) < 4.78 is 38.0. The summed E-state index contributed by atoms with van der Waals surface area (Å²) in [6, 6.07) is 12.2. The fraction of sp³-hybridized carbons (Fsp3) is 0.368. The van der Waals surface area contributed by atoms with Crippen LogP contribution in [0.5, 0.6) is 0 Å². The Balaban J connectivity index is 1.60. The smallest absolute Gasteiger partial charge is 0.355 e. The van der Waals surface area contributed by atoms with Crippen molar-refractivity contribution in [1.29, 1.82) is 5.26 Å². The quantitative estimate of drug-likeness (QED) is 0.837. The summed E-state index contributed by atoms with van der Waals surface area (Å²) in [6.07, 6.45) is -2.55. The number of nitrogens with zero attached hydrogens (tertiary/aromatic N) is 4. The topological polar surface area (TPSA) is 43.2 Å². The van der Waals surface area contributed by atoms with Crippen molar-refractivity contribution < 1.29 is 13.2 Å². The first-order valence-corrected chi connectivity index (χ1v) is 8.45. The standard InChI is InChI=1S/C19H19F3N4/c20-19(21,22)17-6-7-18(24-13-17)26-9-1-8-25(10-11-26)14-16-4-2-15(12-23)3-5-16/h2-7,13H,1,8-11,14H2. The molecule has 0 saturated carbocycles. The van der Waals surface area contributed by atoms with Crippen molar-refractivity contribution in [2.45, 2.75) is 19.1 Å². The number of halogens is 3. The second-order valence-electron chi connectivity index (χ2n) is 6.33. The molecule has 1 fully saturated rings. The Morgan fingerprint density at radius 1 is 1.00 bits per heavy atom. The molecule has 26 heavy (non-hydrogen) atoms. The lowest BCUT2D eigenvalue weighted by molar-refractivity contribution is -0.137. The Labute approximate surface area is 150 Å². The third-order valence-corrected chi connectivity index (χ3v) is 4.48. The predicted molar refractivity (Wildman–Crippen MR) is 92.5 cm³/mol. The van der Waals surface area contributed by atoms with Crippen LogP contribution in [0.3, 0.4) is 0 Å². The van der Waals surface area contributed by atoms with E-state index in [1.54, 1.807) is 0 Å². The van der Waals surface area contributed by atoms with E-state index in [2.05, 4.69) is 16.0 Å². The Morgan fingerprint density at radius 2 is 1.77 bits per heavy atom. The number of nitriles is 1. The van der Waals surface area contributed by atoms with E-state index in [4.69, 9.17) is 5.26 Å². The molecule has 2 heterocycles. The van der Waals surface area contributed by atoms with Crippen LogP contribution in [-0.4, -0.2) is 36.1 Å². The number of hydrogen-bond donors (Lipinski definition) is 0. The van der Waals surface area contributed by atoms with Crippen molar-refractivity contribution in [1.82, 2.24) is 9.88 Å². The van der Waals surface area contributed by atoms with Gasteiger partial charge < -0.3 is 4.90 Å². The van der Waals surface area contributed by atoms with Gasteiger partial charge in [0.1, 0.15) is 5.82 Å². The Bertz CT molecular complexity index is 763. The molecular formula is C19H19F3N4. The molecule has 3 rings (SSSR count). The van der Waals surface area contributed by atoms with Gasteiger partial charge in [0.2, 0.25) is 0 Å².